The first-order valence-electron chi connectivity index (χ1n) is 13.3. The molecule has 0 N–H and O–H groups in total. The maximum Gasteiger partial charge on any atom is 0.278 e. The first kappa shape index (κ1) is 24.6. The molecule has 4 aromatic rings. The number of pyridine rings is 1. The van der Waals surface area contributed by atoms with Crippen molar-refractivity contribution < 1.29 is 14.3 Å². The van der Waals surface area contributed by atoms with Crippen LogP contribution in [0.2, 0.25) is 0 Å². The van der Waals surface area contributed by atoms with Gasteiger partial charge in [-0.15, -0.1) is 11.8 Å². The van der Waals surface area contributed by atoms with E-state index in [-0.39, 0.29) is 35.4 Å². The van der Waals surface area contributed by atoms with Crippen molar-refractivity contribution in [3.05, 3.63) is 135 Å². The van der Waals surface area contributed by atoms with E-state index in [4.69, 9.17) is 9.47 Å². The minimum atomic E-state index is -0.321. The minimum Gasteiger partial charge on any atom is -0.489 e. The summed E-state index contributed by atoms with van der Waals surface area (Å²) in [5.74, 6) is 1.44. The van der Waals surface area contributed by atoms with Gasteiger partial charge in [-0.05, 0) is 34.9 Å². The van der Waals surface area contributed by atoms with Crippen molar-refractivity contribution >= 4 is 17.7 Å². The third-order valence-electron chi connectivity index (χ3n) is 7.50. The fraction of sp³-hybridized carbons (Fsp3) is 0.188. The molecule has 0 radical (unpaired) electrons. The summed E-state index contributed by atoms with van der Waals surface area (Å²) in [5.41, 5.74) is 4.20. The number of carbonyl (C=O) groups is 1. The third-order valence-corrected chi connectivity index (χ3v) is 8.63. The summed E-state index contributed by atoms with van der Waals surface area (Å²) in [4.78, 5) is 30.1. The molecule has 1 amide bonds. The normalized spacial score (nSPS) is 18.3. The highest BCUT2D eigenvalue weighted by atomic mass is 32.2. The van der Waals surface area contributed by atoms with Crippen molar-refractivity contribution in [2.24, 2.45) is 0 Å². The lowest BCUT2D eigenvalue weighted by atomic mass is 9.93. The third kappa shape index (κ3) is 4.25. The van der Waals surface area contributed by atoms with Crippen LogP contribution in [-0.2, 0) is 12.4 Å². The average Bonchev–Trinajstić information content (AvgIpc) is 3.17. The van der Waals surface area contributed by atoms with E-state index in [1.165, 1.54) is 16.5 Å². The maximum atomic E-state index is 14.0. The van der Waals surface area contributed by atoms with Crippen LogP contribution in [0.1, 0.15) is 38.8 Å². The molecule has 8 heteroatoms. The van der Waals surface area contributed by atoms with E-state index in [2.05, 4.69) is 29.3 Å². The van der Waals surface area contributed by atoms with Gasteiger partial charge in [-0.3, -0.25) is 19.3 Å². The van der Waals surface area contributed by atoms with Gasteiger partial charge in [0, 0.05) is 35.0 Å². The SMILES string of the molecule is O=C1c2c(OCc3ccccc3)c(=O)ccn2N2CN1C/C=C/COc1cccc3c1[C@H]2c1ccccc1SC3. The fourth-order valence-electron chi connectivity index (χ4n) is 5.61. The Kier molecular flexibility index (Phi) is 6.32. The Morgan fingerprint density at radius 2 is 1.77 bits per heavy atom. The molecule has 0 saturated heterocycles. The van der Waals surface area contributed by atoms with Crippen molar-refractivity contribution in [3.8, 4) is 11.5 Å². The van der Waals surface area contributed by atoms with Gasteiger partial charge in [-0.1, -0.05) is 66.7 Å². The van der Waals surface area contributed by atoms with Crippen LogP contribution in [0.5, 0.6) is 11.5 Å². The number of rotatable bonds is 3. The molecule has 1 atom stereocenters. The minimum absolute atomic E-state index is 0.0611. The van der Waals surface area contributed by atoms with Gasteiger partial charge in [-0.2, -0.15) is 0 Å². The topological polar surface area (TPSA) is 64.0 Å². The summed E-state index contributed by atoms with van der Waals surface area (Å²) in [6.45, 7) is 1.29. The maximum absolute atomic E-state index is 14.0. The molecule has 200 valence electrons. The van der Waals surface area contributed by atoms with Gasteiger partial charge in [-0.25, -0.2) is 0 Å². The highest BCUT2D eigenvalue weighted by Gasteiger charge is 2.40. The lowest BCUT2D eigenvalue weighted by Gasteiger charge is -2.44. The summed E-state index contributed by atoms with van der Waals surface area (Å²) in [6, 6.07) is 25.5. The second kappa shape index (κ2) is 10.3. The molecule has 7 nitrogen and oxygen atoms in total. The Morgan fingerprint density at radius 1 is 0.925 bits per heavy atom. The summed E-state index contributed by atoms with van der Waals surface area (Å²) in [5, 5.41) is 2.15. The zero-order valence-electron chi connectivity index (χ0n) is 21.7. The summed E-state index contributed by atoms with van der Waals surface area (Å²) in [7, 11) is 0. The van der Waals surface area contributed by atoms with E-state index in [1.54, 1.807) is 22.9 Å². The van der Waals surface area contributed by atoms with Gasteiger partial charge in [0.2, 0.25) is 5.43 Å². The molecule has 0 aliphatic carbocycles. The van der Waals surface area contributed by atoms with Gasteiger partial charge in [0.1, 0.15) is 31.7 Å². The highest BCUT2D eigenvalue weighted by molar-refractivity contribution is 7.98. The van der Waals surface area contributed by atoms with E-state index >= 15 is 0 Å². The van der Waals surface area contributed by atoms with Crippen molar-refractivity contribution in [1.82, 2.24) is 9.58 Å². The Morgan fingerprint density at radius 3 is 2.67 bits per heavy atom. The van der Waals surface area contributed by atoms with Crippen LogP contribution in [0, 0.1) is 0 Å². The quantitative estimate of drug-likeness (QED) is 0.331. The second-order valence-electron chi connectivity index (χ2n) is 9.93. The number of carbonyl (C=O) groups excluding carboxylic acids is 1. The number of thioether (sulfide) groups is 1. The van der Waals surface area contributed by atoms with E-state index in [0.29, 0.717) is 19.8 Å². The standard InChI is InChI=1S/C32H27N3O4S/c36-25-15-17-34-30(31(25)39-19-22-9-2-1-3-10-22)32(37)33-16-6-7-18-38-26-13-8-11-23-20-40-27-14-5-4-12-24(27)29(28(23)26)35(34)21-33/h1-15,17,29H,16,18-21H2/b7-6+/t29-/m1/s1. The lowest BCUT2D eigenvalue weighted by molar-refractivity contribution is 0.0698. The van der Waals surface area contributed by atoms with E-state index in [0.717, 1.165) is 28.2 Å². The van der Waals surface area contributed by atoms with Gasteiger partial charge >= 0.3 is 0 Å². The molecule has 7 rings (SSSR count). The number of aromatic nitrogens is 1. The van der Waals surface area contributed by atoms with Gasteiger partial charge < -0.3 is 14.4 Å². The summed E-state index contributed by atoms with van der Waals surface area (Å²) >= 11 is 1.80. The molecule has 0 fully saturated rings. The van der Waals surface area contributed by atoms with Crippen molar-refractivity contribution in [2.75, 3.05) is 24.8 Å². The highest BCUT2D eigenvalue weighted by Crippen LogP contribution is 2.46. The Balaban J connectivity index is 1.45. The molecular weight excluding hydrogens is 522 g/mol. The van der Waals surface area contributed by atoms with Crippen LogP contribution in [0.15, 0.2) is 107 Å². The van der Waals surface area contributed by atoms with Crippen molar-refractivity contribution in [3.63, 3.8) is 0 Å². The van der Waals surface area contributed by atoms with E-state index in [9.17, 15) is 9.59 Å². The first-order chi connectivity index (χ1) is 19.7. The summed E-state index contributed by atoms with van der Waals surface area (Å²) in [6.07, 6.45) is 5.58. The van der Waals surface area contributed by atoms with Gasteiger partial charge in [0.25, 0.3) is 5.91 Å². The summed E-state index contributed by atoms with van der Waals surface area (Å²) < 4.78 is 14.3. The zero-order valence-corrected chi connectivity index (χ0v) is 22.5. The van der Waals surface area contributed by atoms with Gasteiger partial charge in [0.05, 0.1) is 0 Å². The molecular formula is C32H27N3O4S. The van der Waals surface area contributed by atoms with Crippen LogP contribution >= 0.6 is 11.8 Å². The molecule has 0 unspecified atom stereocenters. The number of amides is 1. The molecule has 4 heterocycles. The molecule has 1 aromatic heterocycles. The number of hydrogen-bond acceptors (Lipinski definition) is 6. The molecule has 0 spiro atoms. The molecule has 0 saturated carbocycles. The number of hydrogen-bond donors (Lipinski definition) is 0. The molecule has 3 aliphatic heterocycles. The average molecular weight is 550 g/mol. The van der Waals surface area contributed by atoms with E-state index in [1.807, 2.05) is 65.4 Å². The monoisotopic (exact) mass is 549 g/mol. The van der Waals surface area contributed by atoms with Crippen LogP contribution < -0.4 is 19.9 Å². The Bertz CT molecular complexity index is 1680. The second-order valence-corrected chi connectivity index (χ2v) is 10.9. The van der Waals surface area contributed by atoms with Crippen LogP contribution in [0.25, 0.3) is 0 Å². The van der Waals surface area contributed by atoms with Crippen molar-refractivity contribution in [2.45, 2.75) is 23.3 Å². The lowest BCUT2D eigenvalue weighted by Crippen LogP contribution is -2.55. The Hall–Kier alpha value is -4.43. The number of ether oxygens (including phenoxy) is 2. The smallest absolute Gasteiger partial charge is 0.278 e. The first-order valence-corrected chi connectivity index (χ1v) is 14.3. The largest absolute Gasteiger partial charge is 0.489 e. The molecule has 40 heavy (non-hydrogen) atoms. The molecule has 3 aromatic carbocycles. The number of benzene rings is 3. The van der Waals surface area contributed by atoms with Crippen LogP contribution in [-0.4, -0.2) is 35.3 Å². The predicted molar refractivity (Wildman–Crippen MR) is 155 cm³/mol. The molecule has 3 aliphatic rings. The van der Waals surface area contributed by atoms with Crippen molar-refractivity contribution in [1.29, 1.82) is 0 Å². The predicted octanol–water partition coefficient (Wildman–Crippen LogP) is 5.12. The number of nitrogens with zero attached hydrogens (tertiary/aromatic N) is 3. The fourth-order valence-corrected chi connectivity index (χ4v) is 6.69. The van der Waals surface area contributed by atoms with Gasteiger partial charge in [0.15, 0.2) is 11.4 Å². The molecule has 2 bridgehead atoms. The van der Waals surface area contributed by atoms with E-state index < -0.39 is 0 Å². The Labute approximate surface area is 236 Å². The zero-order chi connectivity index (χ0) is 27.1. The number of fused-ring (bicyclic) bond motifs is 7. The van der Waals surface area contributed by atoms with Crippen LogP contribution in [0.3, 0.4) is 0 Å². The van der Waals surface area contributed by atoms with Crippen LogP contribution in [0.4, 0.5) is 0 Å².